The van der Waals surface area contributed by atoms with E-state index in [9.17, 15) is 13.2 Å². The summed E-state index contributed by atoms with van der Waals surface area (Å²) in [6, 6.07) is 8.57. The van der Waals surface area contributed by atoms with Crippen LogP contribution in [0.3, 0.4) is 0 Å². The molecule has 0 saturated carbocycles. The minimum absolute atomic E-state index is 0.141. The highest BCUT2D eigenvalue weighted by Crippen LogP contribution is 2.34. The highest BCUT2D eigenvalue weighted by Gasteiger charge is 2.21. The molecule has 0 atom stereocenters. The molecule has 2 aromatic rings. The second-order valence-corrected chi connectivity index (χ2v) is 7.87. The number of aryl methyl sites for hydroxylation is 3. The molecule has 0 unspecified atom stereocenters. The van der Waals surface area contributed by atoms with Crippen LogP contribution in [0.1, 0.15) is 16.7 Å². The smallest absolute Gasteiger partial charge is 0.241 e. The summed E-state index contributed by atoms with van der Waals surface area (Å²) in [4.78, 5) is 12.3. The zero-order chi connectivity index (χ0) is 18.9. The maximum Gasteiger partial charge on any atom is 0.241 e. The fourth-order valence-electron chi connectivity index (χ4n) is 3.00. The van der Waals surface area contributed by atoms with Gasteiger partial charge in [0, 0.05) is 11.8 Å². The maximum absolute atomic E-state index is 12.6. The van der Waals surface area contributed by atoms with E-state index in [1.807, 2.05) is 6.92 Å². The van der Waals surface area contributed by atoms with E-state index in [0.717, 1.165) is 5.56 Å². The largest absolute Gasteiger partial charge is 0.454 e. The van der Waals surface area contributed by atoms with Gasteiger partial charge in [0.05, 0.1) is 11.4 Å². The lowest BCUT2D eigenvalue weighted by Crippen LogP contribution is -2.33. The third-order valence-corrected chi connectivity index (χ3v) is 5.66. The van der Waals surface area contributed by atoms with Gasteiger partial charge in [-0.2, -0.15) is 0 Å². The number of carbonyl (C=O) groups excluding carboxylic acids is 1. The first kappa shape index (κ1) is 18.2. The molecule has 0 saturated heterocycles. The first-order chi connectivity index (χ1) is 12.3. The van der Waals surface area contributed by atoms with E-state index < -0.39 is 15.9 Å². The standard InChI is InChI=1S/C18H20N2O5S/c1-11-6-12(2)18(13(3)7-11)26(22,23)19-9-17(21)20-14-4-5-15-16(8-14)25-10-24-15/h4-8,19H,9-10H2,1-3H3,(H,20,21). The van der Waals surface area contributed by atoms with Gasteiger partial charge in [-0.3, -0.25) is 4.79 Å². The summed E-state index contributed by atoms with van der Waals surface area (Å²) >= 11 is 0. The van der Waals surface area contributed by atoms with Crippen LogP contribution >= 0.6 is 0 Å². The number of hydrogen-bond acceptors (Lipinski definition) is 5. The summed E-state index contributed by atoms with van der Waals surface area (Å²) in [5.41, 5.74) is 2.78. The zero-order valence-corrected chi connectivity index (χ0v) is 15.6. The lowest BCUT2D eigenvalue weighted by molar-refractivity contribution is -0.115. The fourth-order valence-corrected chi connectivity index (χ4v) is 4.43. The van der Waals surface area contributed by atoms with Crippen LogP contribution in [0.15, 0.2) is 35.2 Å². The Bertz CT molecular complexity index is 947. The van der Waals surface area contributed by atoms with E-state index in [-0.39, 0.29) is 18.2 Å². The van der Waals surface area contributed by atoms with Gasteiger partial charge in [-0.15, -0.1) is 0 Å². The van der Waals surface area contributed by atoms with Gasteiger partial charge >= 0.3 is 0 Å². The Morgan fingerprint density at radius 1 is 1.04 bits per heavy atom. The molecule has 0 aromatic heterocycles. The van der Waals surface area contributed by atoms with E-state index in [1.54, 1.807) is 44.2 Å². The van der Waals surface area contributed by atoms with Crippen molar-refractivity contribution in [3.63, 3.8) is 0 Å². The normalized spacial score (nSPS) is 12.9. The molecule has 0 radical (unpaired) electrons. The third-order valence-electron chi connectivity index (χ3n) is 3.95. The van der Waals surface area contributed by atoms with Gasteiger partial charge in [0.1, 0.15) is 0 Å². The first-order valence-electron chi connectivity index (χ1n) is 8.03. The average Bonchev–Trinajstić information content (AvgIpc) is 2.99. The average molecular weight is 376 g/mol. The van der Waals surface area contributed by atoms with Crippen LogP contribution in [0.2, 0.25) is 0 Å². The molecular weight excluding hydrogens is 356 g/mol. The Labute approximate surface area is 152 Å². The lowest BCUT2D eigenvalue weighted by atomic mass is 10.1. The number of amides is 1. The second kappa shape index (κ2) is 6.97. The molecule has 0 aliphatic carbocycles. The van der Waals surface area contributed by atoms with Gasteiger partial charge in [-0.05, 0) is 44.0 Å². The number of ether oxygens (including phenoxy) is 2. The van der Waals surface area contributed by atoms with E-state index in [0.29, 0.717) is 28.3 Å². The van der Waals surface area contributed by atoms with Crippen LogP contribution in [-0.2, 0) is 14.8 Å². The summed E-state index contributed by atoms with van der Waals surface area (Å²) in [7, 11) is -3.79. The first-order valence-corrected chi connectivity index (χ1v) is 9.51. The Balaban J connectivity index is 1.67. The van der Waals surface area contributed by atoms with Crippen molar-refractivity contribution in [1.82, 2.24) is 4.72 Å². The van der Waals surface area contributed by atoms with Crippen LogP contribution < -0.4 is 19.5 Å². The molecule has 1 aliphatic rings. The van der Waals surface area contributed by atoms with Gasteiger partial charge in [-0.1, -0.05) is 17.7 Å². The van der Waals surface area contributed by atoms with Crippen molar-refractivity contribution >= 4 is 21.6 Å². The highest BCUT2D eigenvalue weighted by atomic mass is 32.2. The van der Waals surface area contributed by atoms with Crippen molar-refractivity contribution in [2.24, 2.45) is 0 Å². The summed E-state index contributed by atoms with van der Waals surface area (Å²) in [6.07, 6.45) is 0. The van der Waals surface area contributed by atoms with Gasteiger partial charge < -0.3 is 14.8 Å². The maximum atomic E-state index is 12.6. The van der Waals surface area contributed by atoms with Crippen LogP contribution in [-0.4, -0.2) is 27.7 Å². The summed E-state index contributed by atoms with van der Waals surface area (Å²) in [5, 5.41) is 2.63. The van der Waals surface area contributed by atoms with Crippen molar-refractivity contribution in [2.45, 2.75) is 25.7 Å². The van der Waals surface area contributed by atoms with Gasteiger partial charge in [0.2, 0.25) is 22.7 Å². The number of rotatable bonds is 5. The van der Waals surface area contributed by atoms with E-state index in [4.69, 9.17) is 9.47 Å². The SMILES string of the molecule is Cc1cc(C)c(S(=O)(=O)NCC(=O)Nc2ccc3c(c2)OCO3)c(C)c1. The van der Waals surface area contributed by atoms with Crippen LogP contribution in [0.4, 0.5) is 5.69 Å². The molecule has 1 heterocycles. The Hall–Kier alpha value is -2.58. The van der Waals surface area contributed by atoms with Gasteiger partial charge in [-0.25, -0.2) is 13.1 Å². The van der Waals surface area contributed by atoms with E-state index in [1.165, 1.54) is 0 Å². The number of fused-ring (bicyclic) bond motifs is 1. The Kier molecular flexibility index (Phi) is 4.88. The molecule has 3 rings (SSSR count). The predicted molar refractivity (Wildman–Crippen MR) is 97.0 cm³/mol. The number of benzene rings is 2. The number of hydrogen-bond donors (Lipinski definition) is 2. The number of carbonyl (C=O) groups is 1. The quantitative estimate of drug-likeness (QED) is 0.835. The van der Waals surface area contributed by atoms with Crippen molar-refractivity contribution in [2.75, 3.05) is 18.7 Å². The number of sulfonamides is 1. The van der Waals surface area contributed by atoms with Crippen LogP contribution in [0.5, 0.6) is 11.5 Å². The monoisotopic (exact) mass is 376 g/mol. The Morgan fingerprint density at radius 2 is 1.69 bits per heavy atom. The molecule has 0 spiro atoms. The molecule has 2 N–H and O–H groups in total. The molecule has 0 fully saturated rings. The zero-order valence-electron chi connectivity index (χ0n) is 14.8. The van der Waals surface area contributed by atoms with Crippen molar-refractivity contribution in [3.8, 4) is 11.5 Å². The number of anilines is 1. The molecule has 1 aliphatic heterocycles. The number of nitrogens with one attached hydrogen (secondary N) is 2. The van der Waals surface area contributed by atoms with Crippen LogP contribution in [0.25, 0.3) is 0 Å². The van der Waals surface area contributed by atoms with Crippen molar-refractivity contribution < 1.29 is 22.7 Å². The predicted octanol–water partition coefficient (Wildman–Crippen LogP) is 2.26. The second-order valence-electron chi connectivity index (χ2n) is 6.17. The lowest BCUT2D eigenvalue weighted by Gasteiger charge is -2.13. The molecule has 0 bridgehead atoms. The molecule has 1 amide bonds. The van der Waals surface area contributed by atoms with E-state index in [2.05, 4.69) is 10.0 Å². The molecule has 138 valence electrons. The van der Waals surface area contributed by atoms with E-state index >= 15 is 0 Å². The molecule has 26 heavy (non-hydrogen) atoms. The van der Waals surface area contributed by atoms with Gasteiger partial charge in [0.25, 0.3) is 0 Å². The topological polar surface area (TPSA) is 93.7 Å². The molecular formula is C18H20N2O5S. The summed E-state index contributed by atoms with van der Waals surface area (Å²) < 4.78 is 37.9. The van der Waals surface area contributed by atoms with Crippen LogP contribution in [0, 0.1) is 20.8 Å². The Morgan fingerprint density at radius 3 is 2.38 bits per heavy atom. The minimum Gasteiger partial charge on any atom is -0.454 e. The minimum atomic E-state index is -3.79. The highest BCUT2D eigenvalue weighted by molar-refractivity contribution is 7.89. The summed E-state index contributed by atoms with van der Waals surface area (Å²) in [6.45, 7) is 5.15. The molecule has 2 aromatic carbocycles. The third kappa shape index (κ3) is 3.81. The van der Waals surface area contributed by atoms with Crippen molar-refractivity contribution in [1.29, 1.82) is 0 Å². The summed E-state index contributed by atoms with van der Waals surface area (Å²) in [5.74, 6) is 0.665. The fraction of sp³-hybridized carbons (Fsp3) is 0.278. The molecule has 8 heteroatoms. The van der Waals surface area contributed by atoms with Crippen molar-refractivity contribution in [3.05, 3.63) is 47.0 Å². The van der Waals surface area contributed by atoms with Gasteiger partial charge in [0.15, 0.2) is 11.5 Å². The molecule has 7 nitrogen and oxygen atoms in total.